The molecule has 1 aliphatic heterocycles. The summed E-state index contributed by atoms with van der Waals surface area (Å²) in [6.07, 6.45) is 5.44. The normalized spacial score (nSPS) is 19.7. The Kier molecular flexibility index (Phi) is 5.76. The Morgan fingerprint density at radius 2 is 2.26 bits per heavy atom. The number of hydrogen-bond acceptors (Lipinski definition) is 5. The molecule has 1 fully saturated rings. The van der Waals surface area contributed by atoms with Gasteiger partial charge in [0.1, 0.15) is 5.01 Å². The van der Waals surface area contributed by atoms with E-state index in [0.29, 0.717) is 0 Å². The molecule has 1 aromatic heterocycles. The maximum atomic E-state index is 5.17. The van der Waals surface area contributed by atoms with E-state index in [1.54, 1.807) is 18.4 Å². The van der Waals surface area contributed by atoms with Gasteiger partial charge in [0.15, 0.2) is 0 Å². The van der Waals surface area contributed by atoms with Gasteiger partial charge in [-0.2, -0.15) is 0 Å². The van der Waals surface area contributed by atoms with E-state index in [9.17, 15) is 0 Å². The first-order valence-corrected chi connectivity index (χ1v) is 8.05. The van der Waals surface area contributed by atoms with Crippen LogP contribution in [0.1, 0.15) is 31.2 Å². The average Bonchev–Trinajstić information content (AvgIpc) is 2.96. The van der Waals surface area contributed by atoms with Gasteiger partial charge in [0, 0.05) is 38.3 Å². The number of ether oxygens (including phenoxy) is 1. The summed E-state index contributed by atoms with van der Waals surface area (Å²) >= 11 is 1.77. The summed E-state index contributed by atoms with van der Waals surface area (Å²) in [7, 11) is 1.75. The second kappa shape index (κ2) is 7.33. The molecule has 0 atom stereocenters. The summed E-state index contributed by atoms with van der Waals surface area (Å²) in [6.45, 7) is 7.43. The summed E-state index contributed by atoms with van der Waals surface area (Å²) in [5.41, 5.74) is 0.0664. The molecule has 0 radical (unpaired) electrons. The molecule has 2 heterocycles. The first kappa shape index (κ1) is 14.9. The van der Waals surface area contributed by atoms with Gasteiger partial charge in [-0.25, -0.2) is 4.98 Å². The van der Waals surface area contributed by atoms with Crippen molar-refractivity contribution in [1.29, 1.82) is 0 Å². The smallest absolute Gasteiger partial charge is 0.113 e. The lowest BCUT2D eigenvalue weighted by Crippen LogP contribution is -2.52. The van der Waals surface area contributed by atoms with E-state index in [4.69, 9.17) is 4.74 Å². The van der Waals surface area contributed by atoms with E-state index < -0.39 is 0 Å². The highest BCUT2D eigenvalue weighted by Gasteiger charge is 2.37. The fraction of sp³-hybridized carbons (Fsp3) is 0.786. The number of hydrogen-bond donors (Lipinski definition) is 1. The Balaban J connectivity index is 2.00. The lowest BCUT2D eigenvalue weighted by atomic mass is 9.87. The average molecular weight is 283 g/mol. The largest absolute Gasteiger partial charge is 0.383 e. The van der Waals surface area contributed by atoms with E-state index in [2.05, 4.69) is 27.5 Å². The molecule has 0 bridgehead atoms. The molecule has 19 heavy (non-hydrogen) atoms. The van der Waals surface area contributed by atoms with Gasteiger partial charge in [-0.3, -0.25) is 0 Å². The van der Waals surface area contributed by atoms with Crippen LogP contribution in [0, 0.1) is 0 Å². The quantitative estimate of drug-likeness (QED) is 0.778. The van der Waals surface area contributed by atoms with Crippen molar-refractivity contribution in [3.8, 4) is 0 Å². The zero-order valence-corrected chi connectivity index (χ0v) is 12.8. The monoisotopic (exact) mass is 283 g/mol. The summed E-state index contributed by atoms with van der Waals surface area (Å²) in [4.78, 5) is 7.12. The number of nitrogens with zero attached hydrogens (tertiary/aromatic N) is 2. The lowest BCUT2D eigenvalue weighted by Gasteiger charge is -2.41. The maximum absolute atomic E-state index is 5.17. The van der Waals surface area contributed by atoms with Crippen molar-refractivity contribution in [2.45, 2.75) is 31.7 Å². The zero-order chi connectivity index (χ0) is 13.6. The van der Waals surface area contributed by atoms with Crippen molar-refractivity contribution in [2.75, 3.05) is 39.9 Å². The molecule has 0 spiro atoms. The number of methoxy groups -OCH3 is 1. The lowest BCUT2D eigenvalue weighted by molar-refractivity contribution is 0.119. The summed E-state index contributed by atoms with van der Waals surface area (Å²) in [5, 5.41) is 7.01. The van der Waals surface area contributed by atoms with Crippen LogP contribution in [0.5, 0.6) is 0 Å². The van der Waals surface area contributed by atoms with E-state index in [0.717, 1.165) is 39.1 Å². The van der Waals surface area contributed by atoms with Crippen LogP contribution in [0.3, 0.4) is 0 Å². The standard InChI is InChI=1S/C14H25N3OS/c1-3-8-17-9-4-14(5-10-17,16-6-11-18-2)13-15-7-12-19-13/h7,12,16H,3-6,8-11H2,1-2H3. The molecule has 5 heteroatoms. The van der Waals surface area contributed by atoms with Gasteiger partial charge in [-0.1, -0.05) is 6.92 Å². The molecule has 1 saturated heterocycles. The molecule has 0 unspecified atom stereocenters. The number of nitrogens with one attached hydrogen (secondary N) is 1. The number of rotatable bonds is 7. The molecule has 1 aromatic rings. The Hall–Kier alpha value is -0.490. The van der Waals surface area contributed by atoms with Crippen LogP contribution in [0.15, 0.2) is 11.6 Å². The van der Waals surface area contributed by atoms with Crippen molar-refractivity contribution < 1.29 is 4.74 Å². The minimum absolute atomic E-state index is 0.0664. The molecule has 0 aliphatic carbocycles. The number of likely N-dealkylation sites (tertiary alicyclic amines) is 1. The highest BCUT2D eigenvalue weighted by molar-refractivity contribution is 7.09. The Morgan fingerprint density at radius 3 is 2.84 bits per heavy atom. The molecule has 4 nitrogen and oxygen atoms in total. The van der Waals surface area contributed by atoms with Gasteiger partial charge in [0.25, 0.3) is 0 Å². The van der Waals surface area contributed by atoms with Crippen molar-refractivity contribution in [2.24, 2.45) is 0 Å². The van der Waals surface area contributed by atoms with Crippen LogP contribution in [-0.4, -0.2) is 49.8 Å². The number of aromatic nitrogens is 1. The van der Waals surface area contributed by atoms with E-state index >= 15 is 0 Å². The first-order valence-electron chi connectivity index (χ1n) is 7.17. The van der Waals surface area contributed by atoms with Crippen LogP contribution in [-0.2, 0) is 10.3 Å². The van der Waals surface area contributed by atoms with Gasteiger partial charge in [0.05, 0.1) is 12.1 Å². The second-order valence-electron chi connectivity index (χ2n) is 5.18. The van der Waals surface area contributed by atoms with Crippen LogP contribution in [0.2, 0.25) is 0 Å². The topological polar surface area (TPSA) is 37.4 Å². The summed E-state index contributed by atoms with van der Waals surface area (Å²) in [5.74, 6) is 0. The zero-order valence-electron chi connectivity index (χ0n) is 12.0. The van der Waals surface area contributed by atoms with E-state index in [1.807, 2.05) is 6.20 Å². The maximum Gasteiger partial charge on any atom is 0.113 e. The molecule has 1 aliphatic rings. The predicted octanol–water partition coefficient (Wildman–Crippen LogP) is 2.08. The molecule has 0 saturated carbocycles. The number of piperidine rings is 1. The number of thiazole rings is 1. The van der Waals surface area contributed by atoms with E-state index in [1.165, 1.54) is 18.0 Å². The second-order valence-corrected chi connectivity index (χ2v) is 6.08. The van der Waals surface area contributed by atoms with Crippen molar-refractivity contribution >= 4 is 11.3 Å². The SMILES string of the molecule is CCCN1CCC(NCCOC)(c2nccs2)CC1. The Labute approximate surface area is 120 Å². The van der Waals surface area contributed by atoms with Crippen molar-refractivity contribution in [1.82, 2.24) is 15.2 Å². The molecule has 0 aromatic carbocycles. The first-order chi connectivity index (χ1) is 9.30. The highest BCUT2D eigenvalue weighted by atomic mass is 32.1. The van der Waals surface area contributed by atoms with Crippen LogP contribution < -0.4 is 5.32 Å². The van der Waals surface area contributed by atoms with Crippen LogP contribution >= 0.6 is 11.3 Å². The third kappa shape index (κ3) is 3.75. The van der Waals surface area contributed by atoms with Crippen molar-refractivity contribution in [3.63, 3.8) is 0 Å². The molecular weight excluding hydrogens is 258 g/mol. The van der Waals surface area contributed by atoms with Gasteiger partial charge in [0.2, 0.25) is 0 Å². The Bertz CT molecular complexity index is 348. The third-order valence-corrected chi connectivity index (χ3v) is 4.84. The van der Waals surface area contributed by atoms with Gasteiger partial charge < -0.3 is 15.0 Å². The fourth-order valence-electron chi connectivity index (χ4n) is 2.79. The van der Waals surface area contributed by atoms with Crippen LogP contribution in [0.4, 0.5) is 0 Å². The van der Waals surface area contributed by atoms with Gasteiger partial charge in [-0.15, -0.1) is 11.3 Å². The summed E-state index contributed by atoms with van der Waals surface area (Å²) in [6, 6.07) is 0. The minimum atomic E-state index is 0.0664. The molecule has 0 amide bonds. The minimum Gasteiger partial charge on any atom is -0.383 e. The van der Waals surface area contributed by atoms with Gasteiger partial charge in [-0.05, 0) is 25.8 Å². The molecule has 2 rings (SSSR count). The van der Waals surface area contributed by atoms with Gasteiger partial charge >= 0.3 is 0 Å². The highest BCUT2D eigenvalue weighted by Crippen LogP contribution is 2.34. The van der Waals surface area contributed by atoms with Crippen molar-refractivity contribution in [3.05, 3.63) is 16.6 Å². The third-order valence-electron chi connectivity index (χ3n) is 3.86. The van der Waals surface area contributed by atoms with E-state index in [-0.39, 0.29) is 5.54 Å². The molecule has 108 valence electrons. The molecular formula is C14H25N3OS. The predicted molar refractivity (Wildman–Crippen MR) is 79.6 cm³/mol. The summed E-state index contributed by atoms with van der Waals surface area (Å²) < 4.78 is 5.17. The molecule has 1 N–H and O–H groups in total. The fourth-order valence-corrected chi connectivity index (χ4v) is 3.67. The van der Waals surface area contributed by atoms with Crippen LogP contribution in [0.25, 0.3) is 0 Å². The Morgan fingerprint density at radius 1 is 1.47 bits per heavy atom.